The zero-order valence-electron chi connectivity index (χ0n) is 18.6. The van der Waals surface area contributed by atoms with Gasteiger partial charge in [-0.1, -0.05) is 54.8 Å². The zero-order chi connectivity index (χ0) is 23.2. The lowest BCUT2D eigenvalue weighted by atomic mass is 9.71. The molecular formula is C26H26FO4PS. The lowest BCUT2D eigenvalue weighted by Gasteiger charge is -2.36. The fourth-order valence-corrected chi connectivity index (χ4v) is 7.33. The van der Waals surface area contributed by atoms with Gasteiger partial charge in [-0.2, -0.15) is 0 Å². The summed E-state index contributed by atoms with van der Waals surface area (Å²) in [6.07, 6.45) is 4.38. The molecule has 4 aliphatic rings. The molecule has 1 heterocycles. The number of phosphoric acid groups is 1. The SMILES string of the molecule is CCC1[C@H](OP(=O)(O)OC2=Cc3c(F)cccc3Sc3ccccc32)C[C@H]2C#C[C@]1(C)CC2. The number of halogens is 1. The number of phosphoric ester groups is 1. The zero-order valence-corrected chi connectivity index (χ0v) is 20.3. The lowest BCUT2D eigenvalue weighted by molar-refractivity contribution is 0.0451. The maximum atomic E-state index is 14.6. The molecule has 2 aromatic carbocycles. The summed E-state index contributed by atoms with van der Waals surface area (Å²) < 4.78 is 39.5. The van der Waals surface area contributed by atoms with Crippen molar-refractivity contribution in [2.24, 2.45) is 17.3 Å². The van der Waals surface area contributed by atoms with Crippen LogP contribution in [-0.2, 0) is 13.6 Å². The van der Waals surface area contributed by atoms with Crippen molar-refractivity contribution < 1.29 is 22.9 Å². The molecule has 1 saturated carbocycles. The number of fused-ring (bicyclic) bond motifs is 5. The minimum atomic E-state index is -4.51. The maximum Gasteiger partial charge on any atom is 0.527 e. The van der Waals surface area contributed by atoms with Crippen molar-refractivity contribution in [1.29, 1.82) is 0 Å². The molecule has 2 aromatic rings. The van der Waals surface area contributed by atoms with Crippen molar-refractivity contribution in [3.63, 3.8) is 0 Å². The molecule has 2 bridgehead atoms. The van der Waals surface area contributed by atoms with E-state index < -0.39 is 19.7 Å². The Morgan fingerprint density at radius 2 is 2.03 bits per heavy atom. The van der Waals surface area contributed by atoms with E-state index in [-0.39, 0.29) is 23.0 Å². The van der Waals surface area contributed by atoms with E-state index in [0.29, 0.717) is 22.4 Å². The smallest absolute Gasteiger partial charge is 0.403 e. The summed E-state index contributed by atoms with van der Waals surface area (Å²) in [6.45, 7) is 4.19. The van der Waals surface area contributed by atoms with Crippen molar-refractivity contribution in [2.75, 3.05) is 0 Å². The first kappa shape index (κ1) is 22.7. The van der Waals surface area contributed by atoms with Crippen LogP contribution < -0.4 is 0 Å². The van der Waals surface area contributed by atoms with E-state index in [2.05, 4.69) is 25.7 Å². The molecule has 1 fully saturated rings. The average Bonchev–Trinajstić information content (AvgIpc) is 3.07. The standard InChI is InChI=1S/C26H26FO4PS/c1-3-20-23(15-17-11-13-26(20,2)14-12-17)31-32(28,29)30-22-16-19-21(27)8-6-10-25(19)33-24-9-5-4-7-18(22)24/h4-10,16-17,20,23H,3,11,13,15H2,1-2H3,(H,28,29)/t17-,20?,23-,26+/m1/s1. The van der Waals surface area contributed by atoms with E-state index in [9.17, 15) is 13.8 Å². The second-order valence-corrected chi connectivity index (χ2v) is 11.5. The van der Waals surface area contributed by atoms with E-state index >= 15 is 0 Å². The molecule has 6 rings (SSSR count). The quantitative estimate of drug-likeness (QED) is 0.361. The molecule has 0 spiro atoms. The Morgan fingerprint density at radius 3 is 2.79 bits per heavy atom. The van der Waals surface area contributed by atoms with Crippen LogP contribution >= 0.6 is 19.6 Å². The summed E-state index contributed by atoms with van der Waals surface area (Å²) in [5.41, 5.74) is 0.715. The van der Waals surface area contributed by atoms with Crippen LogP contribution in [0.1, 0.15) is 50.7 Å². The fraction of sp³-hybridized carbons (Fsp3) is 0.385. The Balaban J connectivity index is 1.47. The molecule has 0 radical (unpaired) electrons. The van der Waals surface area contributed by atoms with Gasteiger partial charge in [0.25, 0.3) is 0 Å². The van der Waals surface area contributed by atoms with Gasteiger partial charge in [0, 0.05) is 38.2 Å². The molecule has 33 heavy (non-hydrogen) atoms. The average molecular weight is 485 g/mol. The number of rotatable bonds is 5. The van der Waals surface area contributed by atoms with Crippen molar-refractivity contribution in [2.45, 2.75) is 55.4 Å². The topological polar surface area (TPSA) is 55.8 Å². The molecule has 5 atom stereocenters. The third-order valence-electron chi connectivity index (χ3n) is 6.94. The number of hydrogen-bond acceptors (Lipinski definition) is 4. The second kappa shape index (κ2) is 8.64. The van der Waals surface area contributed by atoms with Crippen molar-refractivity contribution in [3.05, 3.63) is 59.4 Å². The van der Waals surface area contributed by atoms with Gasteiger partial charge in [0.15, 0.2) is 0 Å². The number of benzene rings is 2. The minimum absolute atomic E-state index is 0.0331. The van der Waals surface area contributed by atoms with Crippen LogP contribution in [0.2, 0.25) is 0 Å². The van der Waals surface area contributed by atoms with Crippen molar-refractivity contribution >= 4 is 31.4 Å². The van der Waals surface area contributed by atoms with Crippen LogP contribution in [0.3, 0.4) is 0 Å². The third kappa shape index (κ3) is 4.40. The molecule has 4 nitrogen and oxygen atoms in total. The molecule has 1 aliphatic heterocycles. The summed E-state index contributed by atoms with van der Waals surface area (Å²) in [7, 11) is -4.51. The summed E-state index contributed by atoms with van der Waals surface area (Å²) >= 11 is 1.40. The lowest BCUT2D eigenvalue weighted by Crippen LogP contribution is -2.34. The molecule has 0 saturated heterocycles. The maximum absolute atomic E-state index is 14.6. The summed E-state index contributed by atoms with van der Waals surface area (Å²) in [4.78, 5) is 12.4. The van der Waals surface area contributed by atoms with Crippen LogP contribution in [0.5, 0.6) is 0 Å². The van der Waals surface area contributed by atoms with Gasteiger partial charge in [0.2, 0.25) is 0 Å². The highest BCUT2D eigenvalue weighted by atomic mass is 32.2. The van der Waals surface area contributed by atoms with E-state index in [1.165, 1.54) is 23.9 Å². The largest absolute Gasteiger partial charge is 0.527 e. The van der Waals surface area contributed by atoms with Gasteiger partial charge >= 0.3 is 7.82 Å². The molecule has 172 valence electrons. The van der Waals surface area contributed by atoms with Gasteiger partial charge in [-0.05, 0) is 56.9 Å². The molecule has 1 N–H and O–H groups in total. The second-order valence-electron chi connectivity index (χ2n) is 9.14. The Kier molecular flexibility index (Phi) is 5.95. The van der Waals surface area contributed by atoms with Crippen LogP contribution in [0.4, 0.5) is 4.39 Å². The van der Waals surface area contributed by atoms with E-state index in [0.717, 1.165) is 24.2 Å². The van der Waals surface area contributed by atoms with E-state index in [1.807, 2.05) is 24.3 Å². The highest BCUT2D eigenvalue weighted by Crippen LogP contribution is 2.56. The molecule has 0 aromatic heterocycles. The first-order valence-corrected chi connectivity index (χ1v) is 13.6. The monoisotopic (exact) mass is 484 g/mol. The number of hydrogen-bond donors (Lipinski definition) is 1. The van der Waals surface area contributed by atoms with E-state index in [1.54, 1.807) is 12.1 Å². The van der Waals surface area contributed by atoms with Crippen LogP contribution in [0, 0.1) is 34.9 Å². The predicted octanol–water partition coefficient (Wildman–Crippen LogP) is 7.14. The van der Waals surface area contributed by atoms with Crippen molar-refractivity contribution in [1.82, 2.24) is 0 Å². The predicted molar refractivity (Wildman–Crippen MR) is 128 cm³/mol. The van der Waals surface area contributed by atoms with E-state index in [4.69, 9.17) is 9.05 Å². The van der Waals surface area contributed by atoms with Gasteiger partial charge < -0.3 is 4.52 Å². The van der Waals surface area contributed by atoms with Gasteiger partial charge in [-0.25, -0.2) is 8.96 Å². The summed E-state index contributed by atoms with van der Waals surface area (Å²) in [6, 6.07) is 12.2. The highest BCUT2D eigenvalue weighted by molar-refractivity contribution is 7.99. The third-order valence-corrected chi connectivity index (χ3v) is 9.06. The molecule has 7 heteroatoms. The van der Waals surface area contributed by atoms with Gasteiger partial charge in [-0.3, -0.25) is 9.42 Å². The van der Waals surface area contributed by atoms with Gasteiger partial charge in [0.1, 0.15) is 11.6 Å². The Hall–Kier alpha value is -2.03. The highest BCUT2D eigenvalue weighted by Gasteiger charge is 2.46. The van der Waals surface area contributed by atoms with Crippen LogP contribution in [0.25, 0.3) is 11.8 Å². The van der Waals surface area contributed by atoms with Crippen LogP contribution in [-0.4, -0.2) is 11.0 Å². The normalized spacial score (nSPS) is 29.3. The molecule has 2 unspecified atom stereocenters. The molecular weight excluding hydrogens is 458 g/mol. The fourth-order valence-electron chi connectivity index (χ4n) is 5.24. The molecule has 3 aliphatic carbocycles. The molecule has 0 amide bonds. The summed E-state index contributed by atoms with van der Waals surface area (Å²) in [5, 5.41) is 0. The summed E-state index contributed by atoms with van der Waals surface area (Å²) in [5.74, 6) is 6.62. The van der Waals surface area contributed by atoms with Gasteiger partial charge in [0.05, 0.1) is 6.10 Å². The minimum Gasteiger partial charge on any atom is -0.403 e. The first-order valence-electron chi connectivity index (χ1n) is 11.3. The first-order chi connectivity index (χ1) is 15.8. The Bertz CT molecular complexity index is 1230. The van der Waals surface area contributed by atoms with Crippen LogP contribution in [0.15, 0.2) is 52.3 Å². The Labute approximate surface area is 198 Å². The Morgan fingerprint density at radius 1 is 1.24 bits per heavy atom. The van der Waals surface area contributed by atoms with Crippen molar-refractivity contribution in [3.8, 4) is 11.8 Å². The van der Waals surface area contributed by atoms with Gasteiger partial charge in [-0.15, -0.1) is 0 Å².